The van der Waals surface area contributed by atoms with E-state index in [1.165, 1.54) is 5.56 Å². The Kier molecular flexibility index (Phi) is 6.95. The lowest BCUT2D eigenvalue weighted by Crippen LogP contribution is -2.18. The highest BCUT2D eigenvalue weighted by molar-refractivity contribution is 5.85. The zero-order valence-corrected chi connectivity index (χ0v) is 15.1. The second-order valence-corrected chi connectivity index (χ2v) is 5.88. The molecular formula is C20H23F2NO3. The van der Waals surface area contributed by atoms with Crippen molar-refractivity contribution in [2.45, 2.75) is 46.8 Å². The van der Waals surface area contributed by atoms with Gasteiger partial charge in [-0.25, -0.2) is 4.79 Å². The van der Waals surface area contributed by atoms with Gasteiger partial charge >= 0.3 is 12.7 Å². The number of alkyl halides is 2. The van der Waals surface area contributed by atoms with Crippen LogP contribution in [-0.4, -0.2) is 12.7 Å². The van der Waals surface area contributed by atoms with Crippen molar-refractivity contribution in [1.82, 2.24) is 0 Å². The molecule has 0 aliphatic carbocycles. The molecule has 1 amide bonds. The minimum atomic E-state index is -3.16. The van der Waals surface area contributed by atoms with Crippen LogP contribution in [0, 0.1) is 6.92 Å². The van der Waals surface area contributed by atoms with Crippen LogP contribution < -0.4 is 10.1 Å². The Bertz CT molecular complexity index is 763. The Labute approximate surface area is 152 Å². The van der Waals surface area contributed by atoms with Gasteiger partial charge in [-0.1, -0.05) is 38.1 Å². The van der Waals surface area contributed by atoms with Crippen molar-refractivity contribution in [2.24, 2.45) is 0 Å². The predicted octanol–water partition coefficient (Wildman–Crippen LogP) is 5.47. The number of ether oxygens (including phenoxy) is 2. The van der Waals surface area contributed by atoms with Gasteiger partial charge in [0.1, 0.15) is 12.4 Å². The molecule has 6 heteroatoms. The van der Waals surface area contributed by atoms with E-state index >= 15 is 0 Å². The zero-order valence-electron chi connectivity index (χ0n) is 15.1. The van der Waals surface area contributed by atoms with Gasteiger partial charge in [-0.15, -0.1) is 0 Å². The van der Waals surface area contributed by atoms with Gasteiger partial charge in [-0.05, 0) is 48.6 Å². The Hall–Kier alpha value is -2.63. The second kappa shape index (κ2) is 9.17. The van der Waals surface area contributed by atoms with Crippen LogP contribution in [0.3, 0.4) is 0 Å². The number of hydrogen-bond acceptors (Lipinski definition) is 3. The first-order chi connectivity index (χ1) is 12.4. The van der Waals surface area contributed by atoms with Crippen LogP contribution in [-0.2, 0) is 24.2 Å². The molecule has 0 heterocycles. The number of halogens is 2. The molecule has 2 aromatic rings. The number of anilines is 1. The first-order valence-corrected chi connectivity index (χ1v) is 8.52. The first kappa shape index (κ1) is 19.7. The highest BCUT2D eigenvalue weighted by atomic mass is 19.3. The molecule has 0 unspecified atom stereocenters. The number of rotatable bonds is 7. The summed E-state index contributed by atoms with van der Waals surface area (Å²) >= 11 is 0. The monoisotopic (exact) mass is 363 g/mol. The summed E-state index contributed by atoms with van der Waals surface area (Å²) in [5.74, 6) is 0.741. The van der Waals surface area contributed by atoms with Crippen LogP contribution in [0.1, 0.15) is 36.1 Å². The summed E-state index contributed by atoms with van der Waals surface area (Å²) in [6.07, 6.45) is 0.549. The third kappa shape index (κ3) is 5.44. The van der Waals surface area contributed by atoms with Crippen LogP contribution >= 0.6 is 0 Å². The molecule has 4 nitrogen and oxygen atoms in total. The second-order valence-electron chi connectivity index (χ2n) is 5.88. The van der Waals surface area contributed by atoms with Crippen LogP contribution in [0.5, 0.6) is 5.75 Å². The van der Waals surface area contributed by atoms with E-state index in [4.69, 9.17) is 4.74 Å². The van der Waals surface area contributed by atoms with E-state index in [1.807, 2.05) is 38.1 Å². The van der Waals surface area contributed by atoms with E-state index in [9.17, 15) is 13.6 Å². The zero-order chi connectivity index (χ0) is 19.1. The van der Waals surface area contributed by atoms with Gasteiger partial charge in [0, 0.05) is 5.56 Å². The van der Waals surface area contributed by atoms with Gasteiger partial charge in [0.25, 0.3) is 0 Å². The summed E-state index contributed by atoms with van der Waals surface area (Å²) in [6.45, 7) is 3.10. The number of aryl methyl sites for hydroxylation is 3. The van der Waals surface area contributed by atoms with Gasteiger partial charge in [0.2, 0.25) is 0 Å². The number of carbonyl (C=O) groups excluding carboxylic acids is 1. The van der Waals surface area contributed by atoms with Gasteiger partial charge in [-0.2, -0.15) is 8.78 Å². The molecule has 1 N–H and O–H groups in total. The van der Waals surface area contributed by atoms with Gasteiger partial charge < -0.3 is 9.47 Å². The maximum atomic E-state index is 12.2. The summed E-state index contributed by atoms with van der Waals surface area (Å²) in [5.41, 5.74) is 4.36. The van der Waals surface area contributed by atoms with Crippen molar-refractivity contribution in [3.8, 4) is 5.75 Å². The molecule has 2 rings (SSSR count). The molecule has 0 aromatic heterocycles. The fourth-order valence-electron chi connectivity index (χ4n) is 2.58. The fourth-order valence-corrected chi connectivity index (χ4v) is 2.58. The quantitative estimate of drug-likeness (QED) is 0.709. The Balaban J connectivity index is 2.17. The van der Waals surface area contributed by atoms with Crippen LogP contribution in [0.2, 0.25) is 0 Å². The largest absolute Gasteiger partial charge is 0.489 e. The van der Waals surface area contributed by atoms with Crippen molar-refractivity contribution in [3.05, 3.63) is 58.7 Å². The normalized spacial score (nSPS) is 10.7. The van der Waals surface area contributed by atoms with Crippen LogP contribution in [0.25, 0.3) is 0 Å². The van der Waals surface area contributed by atoms with E-state index in [0.29, 0.717) is 11.3 Å². The molecule has 2 aromatic carbocycles. The van der Waals surface area contributed by atoms with Gasteiger partial charge in [-0.3, -0.25) is 5.32 Å². The maximum Gasteiger partial charge on any atom is 0.416 e. The molecule has 0 radical (unpaired) electrons. The van der Waals surface area contributed by atoms with Crippen LogP contribution in [0.15, 0.2) is 36.4 Å². The van der Waals surface area contributed by atoms with Crippen molar-refractivity contribution in [1.29, 1.82) is 0 Å². The van der Waals surface area contributed by atoms with E-state index in [-0.39, 0.29) is 6.61 Å². The van der Waals surface area contributed by atoms with Crippen molar-refractivity contribution >= 4 is 11.8 Å². The highest BCUT2D eigenvalue weighted by Crippen LogP contribution is 2.24. The number of benzene rings is 2. The number of nitrogens with one attached hydrogen (secondary N) is 1. The summed E-state index contributed by atoms with van der Waals surface area (Å²) in [7, 11) is 0. The molecule has 26 heavy (non-hydrogen) atoms. The molecule has 0 fully saturated rings. The Morgan fingerprint density at radius 1 is 1.08 bits per heavy atom. The average Bonchev–Trinajstić information content (AvgIpc) is 2.60. The Morgan fingerprint density at radius 2 is 1.73 bits per heavy atom. The van der Waals surface area contributed by atoms with Crippen molar-refractivity contribution in [3.63, 3.8) is 0 Å². The molecule has 140 valence electrons. The lowest BCUT2D eigenvalue weighted by atomic mass is 10.1. The third-order valence-corrected chi connectivity index (χ3v) is 4.04. The van der Waals surface area contributed by atoms with Crippen molar-refractivity contribution < 1.29 is 23.0 Å². The number of hydrogen-bond donors (Lipinski definition) is 1. The molecule has 0 saturated carbocycles. The standard InChI is InChI=1S/C20H23F2NO3/c1-4-14-7-9-18(13(3)10-14)25-12-16-11-15(5-2)6-8-17(16)23-20(24)26-19(21)22/h6-11,19H,4-5,12H2,1-3H3,(H,23,24). The summed E-state index contributed by atoms with van der Waals surface area (Å²) < 4.78 is 34.1. The van der Waals surface area contributed by atoms with E-state index in [0.717, 1.165) is 29.7 Å². The number of carbonyl (C=O) groups is 1. The Morgan fingerprint density at radius 3 is 2.35 bits per heavy atom. The molecule has 0 saturated heterocycles. The summed E-state index contributed by atoms with van der Waals surface area (Å²) in [5, 5.41) is 2.34. The maximum absolute atomic E-state index is 12.2. The lowest BCUT2D eigenvalue weighted by molar-refractivity contribution is -0.0766. The average molecular weight is 363 g/mol. The van der Waals surface area contributed by atoms with E-state index in [1.54, 1.807) is 6.07 Å². The predicted molar refractivity (Wildman–Crippen MR) is 96.8 cm³/mol. The summed E-state index contributed by atoms with van der Waals surface area (Å²) in [4.78, 5) is 11.5. The van der Waals surface area contributed by atoms with Gasteiger partial charge in [0.05, 0.1) is 5.69 Å². The minimum Gasteiger partial charge on any atom is -0.489 e. The van der Waals surface area contributed by atoms with Crippen LogP contribution in [0.4, 0.5) is 19.3 Å². The molecule has 0 bridgehead atoms. The van der Waals surface area contributed by atoms with E-state index < -0.39 is 12.7 Å². The minimum absolute atomic E-state index is 0.199. The topological polar surface area (TPSA) is 47.6 Å². The molecular weight excluding hydrogens is 340 g/mol. The summed E-state index contributed by atoms with van der Waals surface area (Å²) in [6, 6.07) is 11.4. The SMILES string of the molecule is CCc1ccc(OCc2cc(CC)ccc2NC(=O)OC(F)F)c(C)c1. The lowest BCUT2D eigenvalue weighted by Gasteiger charge is -2.15. The molecule has 0 spiro atoms. The fraction of sp³-hybridized carbons (Fsp3) is 0.350. The molecule has 0 aliphatic heterocycles. The van der Waals surface area contributed by atoms with Crippen molar-refractivity contribution in [2.75, 3.05) is 5.32 Å². The van der Waals surface area contributed by atoms with E-state index in [2.05, 4.69) is 23.0 Å². The molecule has 0 aliphatic rings. The smallest absolute Gasteiger partial charge is 0.416 e. The highest BCUT2D eigenvalue weighted by Gasteiger charge is 2.14. The van der Waals surface area contributed by atoms with Gasteiger partial charge in [0.15, 0.2) is 0 Å². The molecule has 0 atom stereocenters. The third-order valence-electron chi connectivity index (χ3n) is 4.04. The number of amides is 1. The first-order valence-electron chi connectivity index (χ1n) is 8.52.